The van der Waals surface area contributed by atoms with Crippen molar-refractivity contribution in [1.82, 2.24) is 19.8 Å². The highest BCUT2D eigenvalue weighted by atomic mass is 32.2. The zero-order valence-corrected chi connectivity index (χ0v) is 17.2. The predicted octanol–water partition coefficient (Wildman–Crippen LogP) is 1.63. The quantitative estimate of drug-likeness (QED) is 0.787. The number of hydrogen-bond acceptors (Lipinski definition) is 6. The highest BCUT2D eigenvalue weighted by Crippen LogP contribution is 2.17. The number of nitrogens with zero attached hydrogens (tertiary/aromatic N) is 3. The molecule has 3 rings (SSSR count). The second-order valence-corrected chi connectivity index (χ2v) is 8.75. The summed E-state index contributed by atoms with van der Waals surface area (Å²) in [5.74, 6) is -0.248. The number of imidazole rings is 1. The lowest BCUT2D eigenvalue weighted by atomic mass is 10.0. The first-order valence-electron chi connectivity index (χ1n) is 9.36. The Morgan fingerprint density at radius 1 is 1.28 bits per heavy atom. The van der Waals surface area contributed by atoms with E-state index >= 15 is 0 Å². The number of aromatic nitrogens is 2. The van der Waals surface area contributed by atoms with Crippen molar-refractivity contribution >= 4 is 21.8 Å². The predicted molar refractivity (Wildman–Crippen MR) is 106 cm³/mol. The van der Waals surface area contributed by atoms with Crippen molar-refractivity contribution in [2.75, 3.05) is 26.0 Å². The molecular formula is C19H24N4O5S. The maximum Gasteiger partial charge on any atom is 0.409 e. The van der Waals surface area contributed by atoms with Crippen LogP contribution < -0.4 is 5.32 Å². The number of sulfone groups is 1. The van der Waals surface area contributed by atoms with Gasteiger partial charge in [0.15, 0.2) is 0 Å². The van der Waals surface area contributed by atoms with Gasteiger partial charge in [0.05, 0.1) is 6.61 Å². The van der Waals surface area contributed by atoms with Crippen LogP contribution in [0.5, 0.6) is 0 Å². The van der Waals surface area contributed by atoms with Crippen molar-refractivity contribution in [3.63, 3.8) is 0 Å². The third-order valence-corrected chi connectivity index (χ3v) is 5.65. The second kappa shape index (κ2) is 8.64. The maximum absolute atomic E-state index is 12.7. The average molecular weight is 420 g/mol. The third kappa shape index (κ3) is 4.94. The first-order valence-corrected chi connectivity index (χ1v) is 11.2. The lowest BCUT2D eigenvalue weighted by Crippen LogP contribution is -2.46. The topological polar surface area (TPSA) is 111 Å². The van der Waals surface area contributed by atoms with Crippen molar-refractivity contribution in [2.24, 2.45) is 0 Å². The van der Waals surface area contributed by atoms with Crippen LogP contribution >= 0.6 is 0 Å². The van der Waals surface area contributed by atoms with Crippen molar-refractivity contribution < 1.29 is 22.7 Å². The van der Waals surface area contributed by atoms with Crippen LogP contribution in [0.1, 0.15) is 30.1 Å². The number of piperidine rings is 1. The number of rotatable bonds is 5. The van der Waals surface area contributed by atoms with E-state index in [-0.39, 0.29) is 23.2 Å². The minimum Gasteiger partial charge on any atom is -0.450 e. The normalized spacial score (nSPS) is 15.2. The van der Waals surface area contributed by atoms with Crippen molar-refractivity contribution in [1.29, 1.82) is 0 Å². The standard InChI is InChI=1S/C19H24N4O5S/c1-3-28-19(25)22-10-7-15(8-11-22)21-17(24)14-5-4-6-16(13-14)23-12-9-20-18(23)29(2,26)27/h4-6,9,12-13,15H,3,7-8,10-11H2,1-2H3,(H,21,24). The van der Waals surface area contributed by atoms with Gasteiger partial charge in [-0.1, -0.05) is 6.07 Å². The lowest BCUT2D eigenvalue weighted by Gasteiger charge is -2.31. The van der Waals surface area contributed by atoms with Crippen molar-refractivity contribution in [2.45, 2.75) is 31.0 Å². The molecule has 2 heterocycles. The van der Waals surface area contributed by atoms with E-state index < -0.39 is 9.84 Å². The molecular weight excluding hydrogens is 396 g/mol. The number of benzene rings is 1. The molecule has 1 aliphatic rings. The first-order chi connectivity index (χ1) is 13.8. The number of likely N-dealkylation sites (tertiary alicyclic amines) is 1. The molecule has 0 bridgehead atoms. The maximum atomic E-state index is 12.7. The van der Waals surface area contributed by atoms with Gasteiger partial charge in [-0.05, 0) is 38.0 Å². The zero-order valence-electron chi connectivity index (χ0n) is 16.4. The van der Waals surface area contributed by atoms with Gasteiger partial charge in [-0.15, -0.1) is 0 Å². The largest absolute Gasteiger partial charge is 0.450 e. The Labute approximate surface area is 169 Å². The van der Waals surface area contributed by atoms with Crippen molar-refractivity contribution in [3.8, 4) is 5.69 Å². The molecule has 1 aromatic heterocycles. The summed E-state index contributed by atoms with van der Waals surface area (Å²) in [6.45, 7) is 3.15. The SMILES string of the molecule is CCOC(=O)N1CCC(NC(=O)c2cccc(-n3ccnc3S(C)(=O)=O)c2)CC1. The van der Waals surface area contributed by atoms with E-state index in [1.54, 1.807) is 42.3 Å². The third-order valence-electron chi connectivity index (χ3n) is 4.68. The summed E-state index contributed by atoms with van der Waals surface area (Å²) in [4.78, 5) is 30.0. The Kier molecular flexibility index (Phi) is 6.21. The van der Waals surface area contributed by atoms with E-state index in [1.165, 1.54) is 10.8 Å². The molecule has 156 valence electrons. The highest BCUT2D eigenvalue weighted by molar-refractivity contribution is 7.90. The Morgan fingerprint density at radius 2 is 2.00 bits per heavy atom. The van der Waals surface area contributed by atoms with E-state index in [2.05, 4.69) is 10.3 Å². The molecule has 0 atom stereocenters. The molecule has 0 radical (unpaired) electrons. The molecule has 1 fully saturated rings. The number of hydrogen-bond donors (Lipinski definition) is 1. The molecule has 2 amide bonds. The van der Waals surface area contributed by atoms with Gasteiger partial charge in [-0.3, -0.25) is 9.36 Å². The minimum atomic E-state index is -3.50. The molecule has 0 unspecified atom stereocenters. The van der Waals surface area contributed by atoms with Crippen LogP contribution in [0.2, 0.25) is 0 Å². The second-order valence-electron chi connectivity index (χ2n) is 6.84. The smallest absolute Gasteiger partial charge is 0.409 e. The molecule has 1 aromatic carbocycles. The summed E-state index contributed by atoms with van der Waals surface area (Å²) < 4.78 is 30.2. The minimum absolute atomic E-state index is 0.0448. The number of amides is 2. The summed E-state index contributed by atoms with van der Waals surface area (Å²) in [5.41, 5.74) is 0.955. The van der Waals surface area contributed by atoms with E-state index in [1.807, 2.05) is 0 Å². The van der Waals surface area contributed by atoms with E-state index in [4.69, 9.17) is 4.74 Å². The molecule has 2 aromatic rings. The fourth-order valence-corrected chi connectivity index (χ4v) is 4.02. The summed E-state index contributed by atoms with van der Waals surface area (Å²) in [5, 5.41) is 2.90. The van der Waals surface area contributed by atoms with Crippen LogP contribution in [0, 0.1) is 0 Å². The highest BCUT2D eigenvalue weighted by Gasteiger charge is 2.25. The van der Waals surface area contributed by atoms with Gasteiger partial charge >= 0.3 is 6.09 Å². The van der Waals surface area contributed by atoms with Gasteiger partial charge in [0.2, 0.25) is 15.0 Å². The number of carbonyl (C=O) groups excluding carboxylic acids is 2. The molecule has 1 saturated heterocycles. The van der Waals surface area contributed by atoms with Crippen LogP contribution in [0.3, 0.4) is 0 Å². The summed E-state index contributed by atoms with van der Waals surface area (Å²) in [6.07, 6.45) is 4.99. The Hall–Kier alpha value is -2.88. The van der Waals surface area contributed by atoms with Gasteiger partial charge in [0, 0.05) is 49.0 Å². The van der Waals surface area contributed by atoms with Crippen LogP contribution in [-0.4, -0.2) is 66.9 Å². The summed E-state index contributed by atoms with van der Waals surface area (Å²) >= 11 is 0. The average Bonchev–Trinajstić information content (AvgIpc) is 3.19. The van der Waals surface area contributed by atoms with Gasteiger partial charge in [0.1, 0.15) is 0 Å². The summed E-state index contributed by atoms with van der Waals surface area (Å²) in [6, 6.07) is 6.66. The number of ether oxygens (including phenoxy) is 1. The van der Waals surface area contributed by atoms with Crippen LogP contribution in [0.15, 0.2) is 41.8 Å². The zero-order chi connectivity index (χ0) is 21.0. The summed E-state index contributed by atoms with van der Waals surface area (Å²) in [7, 11) is -3.50. The van der Waals surface area contributed by atoms with Gasteiger partial charge in [-0.25, -0.2) is 18.2 Å². The van der Waals surface area contributed by atoms with Crippen LogP contribution in [0.25, 0.3) is 5.69 Å². The monoisotopic (exact) mass is 420 g/mol. The molecule has 29 heavy (non-hydrogen) atoms. The van der Waals surface area contributed by atoms with Crippen LogP contribution in [-0.2, 0) is 14.6 Å². The Balaban J connectivity index is 1.67. The molecule has 10 heteroatoms. The van der Waals surface area contributed by atoms with E-state index in [9.17, 15) is 18.0 Å². The molecule has 0 aliphatic carbocycles. The Bertz CT molecular complexity index is 994. The fraction of sp³-hybridized carbons (Fsp3) is 0.421. The lowest BCUT2D eigenvalue weighted by molar-refractivity contribution is 0.0860. The molecule has 0 saturated carbocycles. The Morgan fingerprint density at radius 3 is 2.66 bits per heavy atom. The van der Waals surface area contributed by atoms with E-state index in [0.717, 1.165) is 6.26 Å². The number of nitrogens with one attached hydrogen (secondary N) is 1. The fourth-order valence-electron chi connectivity index (χ4n) is 3.25. The first kappa shape index (κ1) is 20.8. The van der Waals surface area contributed by atoms with E-state index in [0.29, 0.717) is 43.8 Å². The van der Waals surface area contributed by atoms with Gasteiger partial charge < -0.3 is 15.0 Å². The molecule has 1 N–H and O–H groups in total. The number of carbonyl (C=O) groups is 2. The van der Waals surface area contributed by atoms with Gasteiger partial charge in [0.25, 0.3) is 5.91 Å². The van der Waals surface area contributed by atoms with Gasteiger partial charge in [-0.2, -0.15) is 0 Å². The molecule has 9 nitrogen and oxygen atoms in total. The van der Waals surface area contributed by atoms with Crippen LogP contribution in [0.4, 0.5) is 4.79 Å². The molecule has 1 aliphatic heterocycles. The molecule has 0 spiro atoms. The van der Waals surface area contributed by atoms with Crippen molar-refractivity contribution in [3.05, 3.63) is 42.2 Å².